The van der Waals surface area contributed by atoms with Crippen molar-refractivity contribution in [2.45, 2.75) is 19.9 Å². The van der Waals surface area contributed by atoms with Crippen molar-refractivity contribution >= 4 is 22.0 Å². The van der Waals surface area contributed by atoms with Gasteiger partial charge in [-0.05, 0) is 37.1 Å². The molecule has 0 fully saturated rings. The lowest BCUT2D eigenvalue weighted by molar-refractivity contribution is 0.199. The number of benzene rings is 1. The summed E-state index contributed by atoms with van der Waals surface area (Å²) < 4.78 is 6.48. The standard InChI is InChI=1S/C14H21BrN2O3/c1-10(9-18)11(2)17-14(19)16-7-8-20-13-5-3-12(15)4-6-13/h3-6,10-11,18H,7-9H2,1-2H3,(H2,16,17,19). The van der Waals surface area contributed by atoms with E-state index < -0.39 is 0 Å². The van der Waals surface area contributed by atoms with Crippen LogP contribution in [0.4, 0.5) is 4.79 Å². The lowest BCUT2D eigenvalue weighted by Crippen LogP contribution is -2.45. The molecule has 2 unspecified atom stereocenters. The third-order valence-electron chi connectivity index (χ3n) is 2.97. The fourth-order valence-electron chi connectivity index (χ4n) is 1.42. The van der Waals surface area contributed by atoms with Gasteiger partial charge in [0.05, 0.1) is 6.54 Å². The molecule has 1 aromatic carbocycles. The maximum atomic E-state index is 11.6. The lowest BCUT2D eigenvalue weighted by atomic mass is 10.1. The quantitative estimate of drug-likeness (QED) is 0.663. The van der Waals surface area contributed by atoms with E-state index in [9.17, 15) is 4.79 Å². The Labute approximate surface area is 127 Å². The molecule has 1 rings (SSSR count). The van der Waals surface area contributed by atoms with Crippen molar-refractivity contribution in [3.63, 3.8) is 0 Å². The zero-order valence-corrected chi connectivity index (χ0v) is 13.3. The molecule has 0 aliphatic rings. The molecule has 0 saturated heterocycles. The maximum absolute atomic E-state index is 11.6. The van der Waals surface area contributed by atoms with E-state index in [0.29, 0.717) is 13.2 Å². The Morgan fingerprint density at radius 2 is 2.00 bits per heavy atom. The minimum absolute atomic E-state index is 0.0276. The van der Waals surface area contributed by atoms with Crippen LogP contribution >= 0.6 is 15.9 Å². The normalized spacial score (nSPS) is 13.4. The molecular weight excluding hydrogens is 324 g/mol. The van der Waals surface area contributed by atoms with Gasteiger partial charge in [0.2, 0.25) is 0 Å². The molecule has 1 aromatic rings. The second-order valence-corrected chi connectivity index (χ2v) is 5.57. The Balaban J connectivity index is 2.17. The highest BCUT2D eigenvalue weighted by molar-refractivity contribution is 9.10. The number of hydrogen-bond acceptors (Lipinski definition) is 3. The monoisotopic (exact) mass is 344 g/mol. The minimum Gasteiger partial charge on any atom is -0.492 e. The van der Waals surface area contributed by atoms with E-state index in [1.54, 1.807) is 0 Å². The van der Waals surface area contributed by atoms with Crippen LogP contribution in [-0.2, 0) is 0 Å². The zero-order valence-electron chi connectivity index (χ0n) is 11.7. The first-order chi connectivity index (χ1) is 9.52. The fourth-order valence-corrected chi connectivity index (χ4v) is 1.69. The molecule has 0 saturated carbocycles. The number of hydrogen-bond donors (Lipinski definition) is 3. The van der Waals surface area contributed by atoms with Gasteiger partial charge in [0.15, 0.2) is 0 Å². The highest BCUT2D eigenvalue weighted by atomic mass is 79.9. The summed E-state index contributed by atoms with van der Waals surface area (Å²) in [4.78, 5) is 11.6. The van der Waals surface area contributed by atoms with Crippen LogP contribution in [0.15, 0.2) is 28.7 Å². The Bertz CT molecular complexity index is 411. The lowest BCUT2D eigenvalue weighted by Gasteiger charge is -2.19. The molecule has 0 radical (unpaired) electrons. The summed E-state index contributed by atoms with van der Waals surface area (Å²) in [5.74, 6) is 0.789. The van der Waals surface area contributed by atoms with E-state index >= 15 is 0 Å². The minimum atomic E-state index is -0.253. The van der Waals surface area contributed by atoms with Crippen LogP contribution in [0.3, 0.4) is 0 Å². The molecule has 20 heavy (non-hydrogen) atoms. The summed E-state index contributed by atoms with van der Waals surface area (Å²) in [6.45, 7) is 4.61. The average Bonchev–Trinajstić information content (AvgIpc) is 2.44. The van der Waals surface area contributed by atoms with Gasteiger partial charge in [-0.1, -0.05) is 22.9 Å². The second kappa shape index (κ2) is 8.81. The predicted octanol–water partition coefficient (Wildman–Crippen LogP) is 2.14. The van der Waals surface area contributed by atoms with E-state index in [-0.39, 0.29) is 24.6 Å². The van der Waals surface area contributed by atoms with Crippen molar-refractivity contribution in [2.75, 3.05) is 19.8 Å². The number of urea groups is 1. The number of nitrogens with one attached hydrogen (secondary N) is 2. The Morgan fingerprint density at radius 3 is 2.60 bits per heavy atom. The van der Waals surface area contributed by atoms with E-state index in [0.717, 1.165) is 10.2 Å². The topological polar surface area (TPSA) is 70.6 Å². The molecule has 0 spiro atoms. The van der Waals surface area contributed by atoms with E-state index in [2.05, 4.69) is 26.6 Å². The highest BCUT2D eigenvalue weighted by Crippen LogP contribution is 2.15. The number of ether oxygens (including phenoxy) is 1. The third kappa shape index (κ3) is 6.25. The maximum Gasteiger partial charge on any atom is 0.315 e. The summed E-state index contributed by atoms with van der Waals surface area (Å²) in [5.41, 5.74) is 0. The smallest absolute Gasteiger partial charge is 0.315 e. The van der Waals surface area contributed by atoms with Crippen LogP contribution in [0.1, 0.15) is 13.8 Å². The number of rotatable bonds is 7. The molecule has 3 N–H and O–H groups in total. The molecule has 0 aliphatic carbocycles. The summed E-state index contributed by atoms with van der Waals surface area (Å²) >= 11 is 3.35. The summed E-state index contributed by atoms with van der Waals surface area (Å²) in [6.07, 6.45) is 0. The first-order valence-corrected chi connectivity index (χ1v) is 7.36. The number of carbonyl (C=O) groups excluding carboxylic acids is 1. The van der Waals surface area contributed by atoms with Crippen molar-refractivity contribution in [1.29, 1.82) is 0 Å². The molecule has 0 bridgehead atoms. The summed E-state index contributed by atoms with van der Waals surface area (Å²) in [6, 6.07) is 7.18. The van der Waals surface area contributed by atoms with Gasteiger partial charge >= 0.3 is 6.03 Å². The molecule has 6 heteroatoms. The molecule has 2 atom stereocenters. The average molecular weight is 345 g/mol. The van der Waals surface area contributed by atoms with Gasteiger partial charge in [-0.2, -0.15) is 0 Å². The van der Waals surface area contributed by atoms with Gasteiger partial charge in [0.1, 0.15) is 12.4 Å². The van der Waals surface area contributed by atoms with Gasteiger partial charge in [-0.25, -0.2) is 4.79 Å². The van der Waals surface area contributed by atoms with E-state index in [1.807, 2.05) is 38.1 Å². The zero-order chi connectivity index (χ0) is 15.0. The Morgan fingerprint density at radius 1 is 1.35 bits per heavy atom. The SMILES string of the molecule is CC(CO)C(C)NC(=O)NCCOc1ccc(Br)cc1. The van der Waals surface area contributed by atoms with Gasteiger partial charge in [-0.15, -0.1) is 0 Å². The third-order valence-corrected chi connectivity index (χ3v) is 3.50. The van der Waals surface area contributed by atoms with E-state index in [1.165, 1.54) is 0 Å². The van der Waals surface area contributed by atoms with Crippen LogP contribution in [0, 0.1) is 5.92 Å². The number of carbonyl (C=O) groups is 1. The van der Waals surface area contributed by atoms with E-state index in [4.69, 9.17) is 9.84 Å². The molecule has 0 aliphatic heterocycles. The van der Waals surface area contributed by atoms with Crippen LogP contribution in [-0.4, -0.2) is 36.9 Å². The number of amides is 2. The first kappa shape index (κ1) is 16.8. The predicted molar refractivity (Wildman–Crippen MR) is 81.9 cm³/mol. The number of aliphatic hydroxyl groups is 1. The van der Waals surface area contributed by atoms with Crippen molar-refractivity contribution in [2.24, 2.45) is 5.92 Å². The van der Waals surface area contributed by atoms with Crippen LogP contribution in [0.25, 0.3) is 0 Å². The largest absolute Gasteiger partial charge is 0.492 e. The van der Waals surface area contributed by atoms with Gasteiger partial charge in [0.25, 0.3) is 0 Å². The Kier molecular flexibility index (Phi) is 7.40. The van der Waals surface area contributed by atoms with Crippen molar-refractivity contribution in [3.8, 4) is 5.75 Å². The number of aliphatic hydroxyl groups excluding tert-OH is 1. The van der Waals surface area contributed by atoms with Gasteiger partial charge in [0, 0.05) is 17.1 Å². The van der Waals surface area contributed by atoms with Crippen LogP contribution < -0.4 is 15.4 Å². The second-order valence-electron chi connectivity index (χ2n) is 4.65. The summed E-state index contributed by atoms with van der Waals surface area (Å²) in [5, 5.41) is 14.5. The summed E-state index contributed by atoms with van der Waals surface area (Å²) in [7, 11) is 0. The van der Waals surface area contributed by atoms with Crippen molar-refractivity contribution in [1.82, 2.24) is 10.6 Å². The molecule has 112 valence electrons. The van der Waals surface area contributed by atoms with Gasteiger partial charge in [-0.3, -0.25) is 0 Å². The van der Waals surface area contributed by atoms with Crippen LogP contribution in [0.5, 0.6) is 5.75 Å². The van der Waals surface area contributed by atoms with Gasteiger partial charge < -0.3 is 20.5 Å². The first-order valence-electron chi connectivity index (χ1n) is 6.56. The highest BCUT2D eigenvalue weighted by Gasteiger charge is 2.13. The van der Waals surface area contributed by atoms with Crippen LogP contribution in [0.2, 0.25) is 0 Å². The molecule has 2 amide bonds. The molecular formula is C14H21BrN2O3. The molecule has 0 aromatic heterocycles. The Hall–Kier alpha value is -1.27. The van der Waals surface area contributed by atoms with Crippen molar-refractivity contribution in [3.05, 3.63) is 28.7 Å². The number of halogens is 1. The molecule has 0 heterocycles. The fraction of sp³-hybridized carbons (Fsp3) is 0.500. The molecule has 5 nitrogen and oxygen atoms in total. The van der Waals surface area contributed by atoms with Crippen molar-refractivity contribution < 1.29 is 14.6 Å².